The number of hydrogen-bond donors (Lipinski definition) is 2. The molecular weight excluding hydrogens is 188 g/mol. The Kier molecular flexibility index (Phi) is 3.39. The van der Waals surface area contributed by atoms with Crippen LogP contribution in [-0.4, -0.2) is 16.3 Å². The molecule has 1 aromatic rings. The van der Waals surface area contributed by atoms with Gasteiger partial charge in [0.2, 0.25) is 0 Å². The molecule has 0 fully saturated rings. The molecule has 3 N–H and O–H groups in total. The molecule has 4 heteroatoms. The molecule has 0 aliphatic heterocycles. The summed E-state index contributed by atoms with van der Waals surface area (Å²) in [5.41, 5.74) is 8.62. The quantitative estimate of drug-likeness (QED) is 0.747. The molecule has 0 aromatic carbocycles. The molecule has 15 heavy (non-hydrogen) atoms. The zero-order valence-electron chi connectivity index (χ0n) is 9.96. The first-order valence-corrected chi connectivity index (χ1v) is 5.16. The van der Waals surface area contributed by atoms with Gasteiger partial charge in [-0.2, -0.15) is 5.10 Å². The molecule has 0 unspecified atom stereocenters. The third-order valence-corrected chi connectivity index (χ3v) is 2.18. The van der Waals surface area contributed by atoms with Gasteiger partial charge in [-0.3, -0.25) is 0 Å². The summed E-state index contributed by atoms with van der Waals surface area (Å²) in [5, 5.41) is 7.65. The Bertz CT molecular complexity index is 363. The molecule has 0 aliphatic carbocycles. The Labute approximate surface area is 91.2 Å². The molecule has 4 nitrogen and oxygen atoms in total. The van der Waals surface area contributed by atoms with Gasteiger partial charge in [0.05, 0.1) is 11.4 Å². The Morgan fingerprint density at radius 1 is 1.60 bits per heavy atom. The predicted octanol–water partition coefficient (Wildman–Crippen LogP) is 2.34. The maximum atomic E-state index is 5.95. The van der Waals surface area contributed by atoms with Gasteiger partial charge in [0.25, 0.3) is 0 Å². The summed E-state index contributed by atoms with van der Waals surface area (Å²) in [5.74, 6) is 0.894. The van der Waals surface area contributed by atoms with Gasteiger partial charge in [0.1, 0.15) is 5.82 Å². The Hall–Kier alpha value is -1.45. The zero-order valence-corrected chi connectivity index (χ0v) is 9.96. The first-order valence-electron chi connectivity index (χ1n) is 5.16. The third-order valence-electron chi connectivity index (χ3n) is 2.18. The van der Waals surface area contributed by atoms with Gasteiger partial charge < -0.3 is 11.1 Å². The predicted molar refractivity (Wildman–Crippen MR) is 65.1 cm³/mol. The second-order valence-corrected chi connectivity index (χ2v) is 4.20. The van der Waals surface area contributed by atoms with Crippen molar-refractivity contribution in [2.24, 2.45) is 0 Å². The van der Waals surface area contributed by atoms with E-state index in [9.17, 15) is 0 Å². The fourth-order valence-electron chi connectivity index (χ4n) is 1.34. The van der Waals surface area contributed by atoms with Crippen molar-refractivity contribution < 1.29 is 0 Å². The molecule has 1 heterocycles. The van der Waals surface area contributed by atoms with E-state index in [2.05, 4.69) is 30.8 Å². The van der Waals surface area contributed by atoms with Gasteiger partial charge in [0.15, 0.2) is 0 Å². The van der Waals surface area contributed by atoms with Crippen LogP contribution in [0.2, 0.25) is 0 Å². The lowest BCUT2D eigenvalue weighted by molar-refractivity contribution is 0.535. The molecule has 0 bridgehead atoms. The van der Waals surface area contributed by atoms with Crippen LogP contribution in [0.4, 0.5) is 11.5 Å². The molecule has 1 rings (SSSR count). The highest BCUT2D eigenvalue weighted by Gasteiger charge is 2.13. The fraction of sp³-hybridized carbons (Fsp3) is 0.545. The largest absolute Gasteiger partial charge is 0.394 e. The van der Waals surface area contributed by atoms with Crippen LogP contribution in [-0.2, 0) is 0 Å². The minimum Gasteiger partial charge on any atom is -0.394 e. The Balaban J connectivity index is 2.97. The van der Waals surface area contributed by atoms with Crippen LogP contribution >= 0.6 is 0 Å². The van der Waals surface area contributed by atoms with Crippen LogP contribution in [0.3, 0.4) is 0 Å². The molecule has 0 amide bonds. The van der Waals surface area contributed by atoms with Crippen molar-refractivity contribution in [3.05, 3.63) is 17.8 Å². The van der Waals surface area contributed by atoms with Crippen molar-refractivity contribution >= 4 is 11.5 Å². The summed E-state index contributed by atoms with van der Waals surface area (Å²) in [6.07, 6.45) is 0. The number of rotatable bonds is 4. The van der Waals surface area contributed by atoms with Crippen LogP contribution in [0.1, 0.15) is 32.5 Å². The lowest BCUT2D eigenvalue weighted by Crippen LogP contribution is -2.12. The van der Waals surface area contributed by atoms with Crippen molar-refractivity contribution in [2.45, 2.75) is 33.7 Å². The summed E-state index contributed by atoms with van der Waals surface area (Å²) in [6.45, 7) is 12.6. The maximum Gasteiger partial charge on any atom is 0.148 e. The van der Waals surface area contributed by atoms with Crippen LogP contribution in [0.5, 0.6) is 0 Å². The highest BCUT2D eigenvalue weighted by Crippen LogP contribution is 2.25. The molecule has 0 aliphatic rings. The average molecular weight is 208 g/mol. The number of aryl methyl sites for hydroxylation is 1. The topological polar surface area (TPSA) is 55.9 Å². The highest BCUT2D eigenvalue weighted by atomic mass is 15.4. The van der Waals surface area contributed by atoms with Crippen molar-refractivity contribution in [1.82, 2.24) is 9.78 Å². The van der Waals surface area contributed by atoms with Crippen LogP contribution < -0.4 is 11.1 Å². The van der Waals surface area contributed by atoms with Crippen LogP contribution in [0.25, 0.3) is 0 Å². The average Bonchev–Trinajstić information content (AvgIpc) is 2.41. The summed E-state index contributed by atoms with van der Waals surface area (Å²) in [6, 6.07) is 0.300. The second-order valence-electron chi connectivity index (χ2n) is 4.20. The van der Waals surface area contributed by atoms with E-state index in [1.54, 1.807) is 0 Å². The molecule has 0 atom stereocenters. The molecule has 0 saturated heterocycles. The monoisotopic (exact) mass is 208 g/mol. The first-order chi connectivity index (χ1) is 6.93. The number of anilines is 2. The molecular formula is C11H20N4. The van der Waals surface area contributed by atoms with Crippen LogP contribution in [0.15, 0.2) is 12.2 Å². The Morgan fingerprint density at radius 3 is 2.67 bits per heavy atom. The third kappa shape index (κ3) is 2.52. The number of nitrogens with one attached hydrogen (secondary N) is 1. The van der Waals surface area contributed by atoms with E-state index in [-0.39, 0.29) is 0 Å². The molecule has 0 spiro atoms. The SMILES string of the molecule is C=C(C)CNc1c(N)c(C)nn1C(C)C. The van der Waals surface area contributed by atoms with Gasteiger partial charge >= 0.3 is 0 Å². The van der Waals surface area contributed by atoms with E-state index in [0.717, 1.165) is 29.3 Å². The van der Waals surface area contributed by atoms with Gasteiger partial charge in [0, 0.05) is 12.6 Å². The minimum absolute atomic E-state index is 0.300. The van der Waals surface area contributed by atoms with Crippen molar-refractivity contribution in [3.8, 4) is 0 Å². The summed E-state index contributed by atoms with van der Waals surface area (Å²) in [7, 11) is 0. The Morgan fingerprint density at radius 2 is 2.20 bits per heavy atom. The maximum absolute atomic E-state index is 5.95. The number of nitrogen functional groups attached to an aromatic ring is 1. The summed E-state index contributed by atoms with van der Waals surface area (Å²) < 4.78 is 1.91. The summed E-state index contributed by atoms with van der Waals surface area (Å²) >= 11 is 0. The van der Waals surface area contributed by atoms with E-state index < -0.39 is 0 Å². The number of nitrogens with zero attached hydrogens (tertiary/aromatic N) is 2. The van der Waals surface area contributed by atoms with E-state index in [1.807, 2.05) is 18.5 Å². The lowest BCUT2D eigenvalue weighted by Gasteiger charge is -2.13. The molecule has 0 radical (unpaired) electrons. The van der Waals surface area contributed by atoms with Crippen molar-refractivity contribution in [1.29, 1.82) is 0 Å². The standard InChI is InChI=1S/C11H20N4/c1-7(2)6-13-11-10(12)9(5)14-15(11)8(3)4/h8,13H,1,6,12H2,2-5H3. The van der Waals surface area contributed by atoms with E-state index in [0.29, 0.717) is 6.04 Å². The van der Waals surface area contributed by atoms with Crippen molar-refractivity contribution in [3.63, 3.8) is 0 Å². The molecule has 84 valence electrons. The zero-order chi connectivity index (χ0) is 11.6. The lowest BCUT2D eigenvalue weighted by atomic mass is 10.3. The van der Waals surface area contributed by atoms with Gasteiger partial charge in [-0.05, 0) is 27.7 Å². The summed E-state index contributed by atoms with van der Waals surface area (Å²) in [4.78, 5) is 0. The molecule has 0 saturated carbocycles. The van der Waals surface area contributed by atoms with Crippen LogP contribution in [0, 0.1) is 6.92 Å². The highest BCUT2D eigenvalue weighted by molar-refractivity contribution is 5.65. The molecule has 1 aromatic heterocycles. The minimum atomic E-state index is 0.300. The normalized spacial score (nSPS) is 10.7. The number of aromatic nitrogens is 2. The number of nitrogens with two attached hydrogens (primary N) is 1. The van der Waals surface area contributed by atoms with Gasteiger partial charge in [-0.15, -0.1) is 0 Å². The van der Waals surface area contributed by atoms with E-state index in [1.165, 1.54) is 0 Å². The fourth-order valence-corrected chi connectivity index (χ4v) is 1.34. The van der Waals surface area contributed by atoms with Crippen molar-refractivity contribution in [2.75, 3.05) is 17.6 Å². The van der Waals surface area contributed by atoms with Gasteiger partial charge in [-0.25, -0.2) is 4.68 Å². The van der Waals surface area contributed by atoms with E-state index >= 15 is 0 Å². The van der Waals surface area contributed by atoms with E-state index in [4.69, 9.17) is 5.73 Å². The van der Waals surface area contributed by atoms with Gasteiger partial charge in [-0.1, -0.05) is 12.2 Å². The number of hydrogen-bond acceptors (Lipinski definition) is 3. The smallest absolute Gasteiger partial charge is 0.148 e. The first kappa shape index (κ1) is 11.6. The second kappa shape index (κ2) is 4.38.